The molecule has 1 unspecified atom stereocenters. The minimum atomic E-state index is -0.757. The van der Waals surface area contributed by atoms with E-state index in [2.05, 4.69) is 10.6 Å². The molecule has 0 saturated heterocycles. The van der Waals surface area contributed by atoms with Crippen LogP contribution in [0.1, 0.15) is 11.8 Å². The number of hydrogen-bond donors (Lipinski definition) is 3. The summed E-state index contributed by atoms with van der Waals surface area (Å²) >= 11 is 1.61. The molecule has 1 aromatic heterocycles. The summed E-state index contributed by atoms with van der Waals surface area (Å²) in [6, 6.07) is 6.13. The first-order valence-electron chi connectivity index (χ1n) is 7.26. The fraction of sp³-hybridized carbons (Fsp3) is 0.312. The van der Waals surface area contributed by atoms with Crippen molar-refractivity contribution in [3.8, 4) is 5.75 Å². The summed E-state index contributed by atoms with van der Waals surface area (Å²) in [6.07, 6.45) is -0.757. The van der Waals surface area contributed by atoms with Gasteiger partial charge in [-0.15, -0.1) is 11.3 Å². The quantitative estimate of drug-likeness (QED) is 0.726. The van der Waals surface area contributed by atoms with E-state index in [0.717, 1.165) is 10.6 Å². The molecule has 7 heteroatoms. The molecule has 1 atom stereocenters. The van der Waals surface area contributed by atoms with E-state index in [4.69, 9.17) is 10.5 Å². The van der Waals surface area contributed by atoms with Crippen LogP contribution < -0.4 is 21.1 Å². The highest BCUT2D eigenvalue weighted by molar-refractivity contribution is 7.10. The van der Waals surface area contributed by atoms with Crippen LogP contribution >= 0.6 is 11.3 Å². The molecule has 5 nitrogen and oxygen atoms in total. The number of amides is 1. The van der Waals surface area contributed by atoms with Gasteiger partial charge < -0.3 is 21.1 Å². The van der Waals surface area contributed by atoms with Crippen molar-refractivity contribution in [1.29, 1.82) is 0 Å². The van der Waals surface area contributed by atoms with Gasteiger partial charge in [0.05, 0.1) is 11.4 Å². The number of thiophene rings is 1. The van der Waals surface area contributed by atoms with E-state index in [1.807, 2.05) is 18.4 Å². The largest absolute Gasteiger partial charge is 0.479 e. The van der Waals surface area contributed by atoms with Gasteiger partial charge in [-0.3, -0.25) is 4.79 Å². The highest BCUT2D eigenvalue weighted by Crippen LogP contribution is 2.32. The van der Waals surface area contributed by atoms with Crippen LogP contribution in [0.4, 0.5) is 15.8 Å². The van der Waals surface area contributed by atoms with Gasteiger partial charge in [-0.2, -0.15) is 0 Å². The molecule has 2 aromatic rings. The topological polar surface area (TPSA) is 76.4 Å². The van der Waals surface area contributed by atoms with Crippen LogP contribution in [0.3, 0.4) is 0 Å². The molecule has 0 aliphatic heterocycles. The molecule has 2 rings (SSSR count). The summed E-state index contributed by atoms with van der Waals surface area (Å²) in [5.74, 6) is -0.439. The molecule has 1 amide bonds. The molecular formula is C16H20FN3O2S. The predicted molar refractivity (Wildman–Crippen MR) is 90.9 cm³/mol. The molecule has 23 heavy (non-hydrogen) atoms. The number of benzene rings is 1. The predicted octanol–water partition coefficient (Wildman–Crippen LogP) is 2.78. The standard InChI is InChI=1S/C16H20FN3O2S/c1-10(16(21)19-7-6-18)22-15-9-12(17)3-4-14(15)20-13-5-8-23-11(13)2/h3-5,8-10,20H,6-7,18H2,1-2H3,(H,19,21). The molecule has 0 spiro atoms. The molecule has 0 fully saturated rings. The van der Waals surface area contributed by atoms with Crippen LogP contribution in [0.2, 0.25) is 0 Å². The minimum absolute atomic E-state index is 0.283. The van der Waals surface area contributed by atoms with E-state index >= 15 is 0 Å². The number of carbonyl (C=O) groups excluding carboxylic acids is 1. The van der Waals surface area contributed by atoms with Crippen LogP contribution in [0, 0.1) is 12.7 Å². The Bertz CT molecular complexity index is 675. The summed E-state index contributed by atoms with van der Waals surface area (Å²) in [4.78, 5) is 13.0. The van der Waals surface area contributed by atoms with Gasteiger partial charge in [0.25, 0.3) is 5.91 Å². The third kappa shape index (κ3) is 4.67. The van der Waals surface area contributed by atoms with Gasteiger partial charge in [-0.1, -0.05) is 0 Å². The lowest BCUT2D eigenvalue weighted by molar-refractivity contribution is -0.127. The average molecular weight is 337 g/mol. The maximum Gasteiger partial charge on any atom is 0.260 e. The maximum atomic E-state index is 13.5. The van der Waals surface area contributed by atoms with Crippen LogP contribution in [0.15, 0.2) is 29.6 Å². The highest BCUT2D eigenvalue weighted by Gasteiger charge is 2.17. The van der Waals surface area contributed by atoms with Gasteiger partial charge in [-0.05, 0) is 37.4 Å². The average Bonchev–Trinajstić information content (AvgIpc) is 2.92. The minimum Gasteiger partial charge on any atom is -0.479 e. The SMILES string of the molecule is Cc1sccc1Nc1ccc(F)cc1OC(C)C(=O)NCCN. The Hall–Kier alpha value is -2.12. The number of rotatable bonds is 7. The van der Waals surface area contributed by atoms with Crippen molar-refractivity contribution in [3.63, 3.8) is 0 Å². The third-order valence-electron chi connectivity index (χ3n) is 3.19. The second-order valence-electron chi connectivity index (χ2n) is 5.00. The van der Waals surface area contributed by atoms with Gasteiger partial charge in [0.2, 0.25) is 0 Å². The number of nitrogens with one attached hydrogen (secondary N) is 2. The zero-order valence-electron chi connectivity index (χ0n) is 13.1. The Morgan fingerprint density at radius 2 is 2.17 bits per heavy atom. The number of hydrogen-bond acceptors (Lipinski definition) is 5. The maximum absolute atomic E-state index is 13.5. The molecule has 1 aromatic carbocycles. The lowest BCUT2D eigenvalue weighted by Gasteiger charge is -2.18. The third-order valence-corrected chi connectivity index (χ3v) is 4.03. The van der Waals surface area contributed by atoms with Crippen molar-refractivity contribution in [2.45, 2.75) is 20.0 Å². The van der Waals surface area contributed by atoms with Gasteiger partial charge in [0, 0.05) is 24.0 Å². The normalized spacial score (nSPS) is 11.8. The highest BCUT2D eigenvalue weighted by atomic mass is 32.1. The van der Waals surface area contributed by atoms with Gasteiger partial charge in [0.15, 0.2) is 6.10 Å². The molecule has 0 bridgehead atoms. The molecule has 124 valence electrons. The monoisotopic (exact) mass is 337 g/mol. The van der Waals surface area contributed by atoms with Crippen LogP contribution in [-0.4, -0.2) is 25.1 Å². The second kappa shape index (κ2) is 7.94. The van der Waals surface area contributed by atoms with Crippen LogP contribution in [-0.2, 0) is 4.79 Å². The number of aryl methyl sites for hydroxylation is 1. The van der Waals surface area contributed by atoms with E-state index in [1.165, 1.54) is 12.1 Å². The smallest absolute Gasteiger partial charge is 0.260 e. The number of anilines is 2. The summed E-state index contributed by atoms with van der Waals surface area (Å²) in [5.41, 5.74) is 6.88. The molecule has 0 aliphatic rings. The number of halogens is 1. The molecule has 0 saturated carbocycles. The summed E-state index contributed by atoms with van der Waals surface area (Å²) in [7, 11) is 0. The number of nitrogens with two attached hydrogens (primary N) is 1. The second-order valence-corrected chi connectivity index (χ2v) is 6.12. The Labute approximate surface area is 138 Å². The van der Waals surface area contributed by atoms with Crippen molar-refractivity contribution in [1.82, 2.24) is 5.32 Å². The summed E-state index contributed by atoms with van der Waals surface area (Å²) < 4.78 is 19.2. The van der Waals surface area contributed by atoms with Crippen molar-refractivity contribution < 1.29 is 13.9 Å². The molecule has 1 heterocycles. The van der Waals surface area contributed by atoms with Gasteiger partial charge in [-0.25, -0.2) is 4.39 Å². The Kier molecular flexibility index (Phi) is 5.95. The number of ether oxygens (including phenoxy) is 1. The molecular weight excluding hydrogens is 317 g/mol. The fourth-order valence-electron chi connectivity index (χ4n) is 1.94. The zero-order valence-corrected chi connectivity index (χ0v) is 13.9. The Morgan fingerprint density at radius 1 is 1.39 bits per heavy atom. The van der Waals surface area contributed by atoms with Crippen LogP contribution in [0.25, 0.3) is 0 Å². The van der Waals surface area contributed by atoms with Crippen molar-refractivity contribution in [3.05, 3.63) is 40.3 Å². The Morgan fingerprint density at radius 3 is 2.83 bits per heavy atom. The number of carbonyl (C=O) groups is 1. The zero-order chi connectivity index (χ0) is 16.8. The van der Waals surface area contributed by atoms with Crippen LogP contribution in [0.5, 0.6) is 5.75 Å². The van der Waals surface area contributed by atoms with Crippen molar-refractivity contribution in [2.75, 3.05) is 18.4 Å². The van der Waals surface area contributed by atoms with E-state index < -0.39 is 11.9 Å². The lowest BCUT2D eigenvalue weighted by atomic mass is 10.2. The fourth-order valence-corrected chi connectivity index (χ4v) is 2.59. The summed E-state index contributed by atoms with van der Waals surface area (Å²) in [6.45, 7) is 4.31. The molecule has 4 N–H and O–H groups in total. The van der Waals surface area contributed by atoms with E-state index in [0.29, 0.717) is 18.8 Å². The first-order chi connectivity index (χ1) is 11.0. The van der Waals surface area contributed by atoms with E-state index in [9.17, 15) is 9.18 Å². The lowest BCUT2D eigenvalue weighted by Crippen LogP contribution is -2.38. The van der Waals surface area contributed by atoms with Crippen molar-refractivity contribution in [2.24, 2.45) is 5.73 Å². The summed E-state index contributed by atoms with van der Waals surface area (Å²) in [5, 5.41) is 7.81. The Balaban J connectivity index is 2.15. The van der Waals surface area contributed by atoms with E-state index in [-0.39, 0.29) is 11.7 Å². The first kappa shape index (κ1) is 17.2. The molecule has 0 radical (unpaired) electrons. The van der Waals surface area contributed by atoms with Gasteiger partial charge in [0.1, 0.15) is 11.6 Å². The van der Waals surface area contributed by atoms with Gasteiger partial charge >= 0.3 is 0 Å². The first-order valence-corrected chi connectivity index (χ1v) is 8.14. The van der Waals surface area contributed by atoms with E-state index in [1.54, 1.807) is 24.3 Å². The van der Waals surface area contributed by atoms with Crippen molar-refractivity contribution >= 4 is 28.6 Å². The molecule has 0 aliphatic carbocycles.